The van der Waals surface area contributed by atoms with Crippen LogP contribution in [-0.2, 0) is 9.59 Å². The average molecular weight is 351 g/mol. The third kappa shape index (κ3) is 4.30. The predicted molar refractivity (Wildman–Crippen MR) is 109 cm³/mol. The molecule has 0 fully saturated rings. The van der Waals surface area contributed by atoms with Crippen molar-refractivity contribution in [3.63, 3.8) is 0 Å². The first kappa shape index (κ1) is 20.1. The molecule has 0 spiro atoms. The van der Waals surface area contributed by atoms with Gasteiger partial charge in [-0.25, -0.2) is 0 Å². The van der Waals surface area contributed by atoms with Crippen molar-refractivity contribution < 1.29 is 9.59 Å². The highest BCUT2D eigenvalue weighted by Crippen LogP contribution is 2.34. The molecule has 2 nitrogen and oxygen atoms in total. The molecule has 0 saturated carbocycles. The lowest BCUT2D eigenvalue weighted by Gasteiger charge is -2.25. The molecule has 0 aromatic heterocycles. The topological polar surface area (TPSA) is 34.1 Å². The molecule has 0 unspecified atom stereocenters. The molecular formula is C24H30O2. The number of hydrogen-bond donors (Lipinski definition) is 0. The molecule has 0 aliphatic heterocycles. The molecule has 2 aliphatic carbocycles. The third-order valence-electron chi connectivity index (χ3n) is 4.68. The van der Waals surface area contributed by atoms with Gasteiger partial charge in [-0.2, -0.15) is 0 Å². The van der Waals surface area contributed by atoms with Crippen molar-refractivity contribution in [1.82, 2.24) is 0 Å². The van der Waals surface area contributed by atoms with Crippen LogP contribution in [0.3, 0.4) is 0 Å². The lowest BCUT2D eigenvalue weighted by atomic mass is 9.78. The Kier molecular flexibility index (Phi) is 5.28. The van der Waals surface area contributed by atoms with E-state index in [1.165, 1.54) is 0 Å². The zero-order valence-corrected chi connectivity index (χ0v) is 17.3. The van der Waals surface area contributed by atoms with E-state index in [1.54, 1.807) is 0 Å². The van der Waals surface area contributed by atoms with Crippen molar-refractivity contribution in [2.45, 2.75) is 55.4 Å². The molecule has 0 radical (unpaired) electrons. The Hall–Kier alpha value is -2.22. The highest BCUT2D eigenvalue weighted by Gasteiger charge is 2.28. The monoisotopic (exact) mass is 350 g/mol. The quantitative estimate of drug-likeness (QED) is 0.595. The molecule has 0 bridgehead atoms. The zero-order valence-electron chi connectivity index (χ0n) is 17.3. The third-order valence-corrected chi connectivity index (χ3v) is 4.68. The lowest BCUT2D eigenvalue weighted by Crippen LogP contribution is -2.21. The van der Waals surface area contributed by atoms with Crippen LogP contribution >= 0.6 is 0 Å². The molecular weight excluding hydrogens is 320 g/mol. The van der Waals surface area contributed by atoms with E-state index in [0.717, 1.165) is 33.4 Å². The molecule has 26 heavy (non-hydrogen) atoms. The molecule has 0 aromatic rings. The van der Waals surface area contributed by atoms with Crippen molar-refractivity contribution in [3.05, 3.63) is 69.9 Å². The second kappa shape index (κ2) is 6.83. The second-order valence-electron chi connectivity index (χ2n) is 9.26. The summed E-state index contributed by atoms with van der Waals surface area (Å²) in [6, 6.07) is 0. The van der Waals surface area contributed by atoms with Crippen molar-refractivity contribution in [2.75, 3.05) is 0 Å². The van der Waals surface area contributed by atoms with Crippen molar-refractivity contribution in [1.29, 1.82) is 0 Å². The normalized spacial score (nSPS) is 22.3. The highest BCUT2D eigenvalue weighted by atomic mass is 16.1. The fourth-order valence-electron chi connectivity index (χ4n) is 3.10. The summed E-state index contributed by atoms with van der Waals surface area (Å²) in [5.74, 6) is 0.243. The number of carbonyl (C=O) groups is 2. The molecule has 2 aliphatic rings. The van der Waals surface area contributed by atoms with Gasteiger partial charge in [-0.1, -0.05) is 53.7 Å². The molecule has 138 valence electrons. The molecule has 0 saturated heterocycles. The van der Waals surface area contributed by atoms with Gasteiger partial charge in [0.1, 0.15) is 0 Å². The van der Waals surface area contributed by atoms with E-state index in [0.29, 0.717) is 0 Å². The van der Waals surface area contributed by atoms with Crippen LogP contribution in [0.2, 0.25) is 0 Å². The van der Waals surface area contributed by atoms with Gasteiger partial charge in [0.05, 0.1) is 0 Å². The van der Waals surface area contributed by atoms with E-state index in [9.17, 15) is 9.59 Å². The maximum absolute atomic E-state index is 12.4. The maximum atomic E-state index is 12.4. The van der Waals surface area contributed by atoms with E-state index in [4.69, 9.17) is 0 Å². The van der Waals surface area contributed by atoms with Crippen LogP contribution in [0.25, 0.3) is 0 Å². The van der Waals surface area contributed by atoms with Crippen LogP contribution in [0, 0.1) is 10.8 Å². The van der Waals surface area contributed by atoms with Gasteiger partial charge in [-0.15, -0.1) is 0 Å². The molecule has 0 N–H and O–H groups in total. The smallest absolute Gasteiger partial charge is 0.185 e. The molecule has 2 heteroatoms. The molecule has 2 rings (SSSR count). The standard InChI is InChI=1S/C24H30O2/c1-15-11-17(13-19(21(15)25)23(3,4)5)9-10-18-12-16(2)22(26)20(14-18)24(6,7)8/h9-14H,1-8H3/b17-9-,18-10-. The Balaban J connectivity index is 2.47. The number of rotatable bonds is 1. The first-order chi connectivity index (χ1) is 11.8. The average Bonchev–Trinajstić information content (AvgIpc) is 2.49. The summed E-state index contributed by atoms with van der Waals surface area (Å²) in [6.07, 6.45) is 11.8. The van der Waals surface area contributed by atoms with Crippen molar-refractivity contribution in [3.8, 4) is 0 Å². The van der Waals surface area contributed by atoms with Crippen LogP contribution in [-0.4, -0.2) is 11.6 Å². The van der Waals surface area contributed by atoms with Gasteiger partial charge in [0.25, 0.3) is 0 Å². The fraction of sp³-hybridized carbons (Fsp3) is 0.417. The first-order valence-corrected chi connectivity index (χ1v) is 9.13. The fourth-order valence-corrected chi connectivity index (χ4v) is 3.10. The van der Waals surface area contributed by atoms with E-state index < -0.39 is 0 Å². The Bertz CT molecular complexity index is 764. The molecule has 0 amide bonds. The minimum absolute atomic E-state index is 0.122. The SMILES string of the molecule is CC1=C/C(=C/C=C2/C=C(C)C(=O)C(C(C)(C)C)=C2)C=C(C(C)(C)C)C1=O. The molecule has 0 heterocycles. The Labute approximate surface area is 157 Å². The van der Waals surface area contributed by atoms with Gasteiger partial charge in [0.15, 0.2) is 11.6 Å². The largest absolute Gasteiger partial charge is 0.289 e. The molecule has 0 aromatic carbocycles. The van der Waals surface area contributed by atoms with Crippen LogP contribution in [0.15, 0.2) is 69.9 Å². The summed E-state index contributed by atoms with van der Waals surface area (Å²) in [5.41, 5.74) is 4.83. The van der Waals surface area contributed by atoms with Gasteiger partial charge >= 0.3 is 0 Å². The van der Waals surface area contributed by atoms with E-state index in [2.05, 4.69) is 41.5 Å². The van der Waals surface area contributed by atoms with Gasteiger partial charge in [0.2, 0.25) is 0 Å². The first-order valence-electron chi connectivity index (χ1n) is 9.13. The summed E-state index contributed by atoms with van der Waals surface area (Å²) >= 11 is 0. The van der Waals surface area contributed by atoms with Gasteiger partial charge < -0.3 is 0 Å². The number of carbonyl (C=O) groups excluding carboxylic acids is 2. The summed E-state index contributed by atoms with van der Waals surface area (Å²) in [6.45, 7) is 16.1. The lowest BCUT2D eigenvalue weighted by molar-refractivity contribution is -0.113. The van der Waals surface area contributed by atoms with Crippen molar-refractivity contribution >= 4 is 11.6 Å². The summed E-state index contributed by atoms with van der Waals surface area (Å²) < 4.78 is 0. The van der Waals surface area contributed by atoms with Crippen LogP contribution < -0.4 is 0 Å². The van der Waals surface area contributed by atoms with Crippen LogP contribution in [0.1, 0.15) is 55.4 Å². The Morgan fingerprint density at radius 3 is 1.19 bits per heavy atom. The minimum Gasteiger partial charge on any atom is -0.289 e. The van der Waals surface area contributed by atoms with Crippen LogP contribution in [0.4, 0.5) is 0 Å². The number of hydrogen-bond acceptors (Lipinski definition) is 2. The van der Waals surface area contributed by atoms with E-state index in [-0.39, 0.29) is 22.4 Å². The maximum Gasteiger partial charge on any atom is 0.185 e. The van der Waals surface area contributed by atoms with Gasteiger partial charge in [-0.3, -0.25) is 9.59 Å². The number of Topliss-reactive ketones (excluding diaryl/α,β-unsaturated/α-hetero) is 2. The van der Waals surface area contributed by atoms with Gasteiger partial charge in [-0.05, 0) is 71.3 Å². The highest BCUT2D eigenvalue weighted by molar-refractivity contribution is 6.11. The summed E-state index contributed by atoms with van der Waals surface area (Å²) in [7, 11) is 0. The predicted octanol–water partition coefficient (Wildman–Crippen LogP) is 5.84. The Morgan fingerprint density at radius 2 is 0.923 bits per heavy atom. The van der Waals surface area contributed by atoms with E-state index >= 15 is 0 Å². The number of allylic oxidation sites excluding steroid dienone is 12. The zero-order chi connectivity index (χ0) is 19.9. The van der Waals surface area contributed by atoms with Crippen LogP contribution in [0.5, 0.6) is 0 Å². The second-order valence-corrected chi connectivity index (χ2v) is 9.26. The number of ketones is 2. The van der Waals surface area contributed by atoms with Crippen molar-refractivity contribution in [2.24, 2.45) is 10.8 Å². The van der Waals surface area contributed by atoms with Gasteiger partial charge in [0, 0.05) is 11.1 Å². The Morgan fingerprint density at radius 1 is 0.615 bits per heavy atom. The summed E-state index contributed by atoms with van der Waals surface area (Å²) in [5, 5.41) is 0. The summed E-state index contributed by atoms with van der Waals surface area (Å²) in [4.78, 5) is 24.8. The minimum atomic E-state index is -0.189. The van der Waals surface area contributed by atoms with E-state index in [1.807, 2.05) is 50.3 Å². The molecule has 0 atom stereocenters.